The molecule has 0 aromatic heterocycles. The molecule has 0 radical (unpaired) electrons. The molecule has 0 saturated heterocycles. The van der Waals surface area contributed by atoms with Crippen molar-refractivity contribution < 1.29 is 9.13 Å². The summed E-state index contributed by atoms with van der Waals surface area (Å²) in [6.07, 6.45) is 0. The molecule has 120 valence electrons. The lowest BCUT2D eigenvalue weighted by Gasteiger charge is -2.23. The molecule has 3 rings (SSSR count). The maximum atomic E-state index is 13.6. The summed E-state index contributed by atoms with van der Waals surface area (Å²) < 4.78 is 18.7. The summed E-state index contributed by atoms with van der Waals surface area (Å²) in [7, 11) is 1.61. The van der Waals surface area contributed by atoms with Crippen molar-refractivity contribution in [3.05, 3.63) is 65.1 Å². The van der Waals surface area contributed by atoms with Crippen molar-refractivity contribution in [2.75, 3.05) is 18.7 Å². The Bertz CT molecular complexity index is 743. The van der Waals surface area contributed by atoms with Crippen LogP contribution in [0.1, 0.15) is 11.1 Å². The van der Waals surface area contributed by atoms with Gasteiger partial charge in [-0.15, -0.1) is 0 Å². The Morgan fingerprint density at radius 2 is 1.91 bits per heavy atom. The van der Waals surface area contributed by atoms with Crippen LogP contribution in [0.3, 0.4) is 0 Å². The Balaban J connectivity index is 2.03. The average Bonchev–Trinajstić information content (AvgIpc) is 2.74. The third-order valence-corrected chi connectivity index (χ3v) is 3.92. The van der Waals surface area contributed by atoms with Crippen molar-refractivity contribution in [2.24, 2.45) is 11.6 Å². The van der Waals surface area contributed by atoms with Gasteiger partial charge in [-0.05, 0) is 47.5 Å². The van der Waals surface area contributed by atoms with Gasteiger partial charge in [-0.1, -0.05) is 6.07 Å². The smallest absolute Gasteiger partial charge is 0.125 e. The van der Waals surface area contributed by atoms with Crippen LogP contribution in [0.2, 0.25) is 0 Å². The normalized spacial score (nSPS) is 16.6. The van der Waals surface area contributed by atoms with Gasteiger partial charge in [0.15, 0.2) is 0 Å². The van der Waals surface area contributed by atoms with E-state index in [1.165, 1.54) is 17.1 Å². The van der Waals surface area contributed by atoms with E-state index < -0.39 is 0 Å². The van der Waals surface area contributed by atoms with Crippen LogP contribution in [0, 0.1) is 5.82 Å². The van der Waals surface area contributed by atoms with Crippen molar-refractivity contribution in [3.8, 4) is 5.75 Å². The molecule has 1 aliphatic heterocycles. The van der Waals surface area contributed by atoms with Gasteiger partial charge in [-0.2, -0.15) is 0 Å². The van der Waals surface area contributed by atoms with Gasteiger partial charge in [0.1, 0.15) is 11.6 Å². The van der Waals surface area contributed by atoms with Gasteiger partial charge in [0.05, 0.1) is 24.2 Å². The molecular formula is C17H19FN4O. The van der Waals surface area contributed by atoms with Crippen LogP contribution in [0.4, 0.5) is 10.1 Å². The van der Waals surface area contributed by atoms with Gasteiger partial charge >= 0.3 is 0 Å². The fourth-order valence-electron chi connectivity index (χ4n) is 2.62. The number of hydrazine groups is 1. The lowest BCUT2D eigenvalue weighted by molar-refractivity contribution is 0.415. The SMILES string of the molecule is COc1ccc(/C(N)=C2\CNCc3ccc(F)cc3N2N)cc1. The zero-order chi connectivity index (χ0) is 16.4. The van der Waals surface area contributed by atoms with Crippen molar-refractivity contribution in [3.63, 3.8) is 0 Å². The lowest BCUT2D eigenvalue weighted by atomic mass is 10.1. The van der Waals surface area contributed by atoms with Gasteiger partial charge in [0.2, 0.25) is 0 Å². The van der Waals surface area contributed by atoms with E-state index in [0.29, 0.717) is 30.2 Å². The number of fused-ring (bicyclic) bond motifs is 1. The summed E-state index contributed by atoms with van der Waals surface area (Å²) in [5.41, 5.74) is 9.90. The summed E-state index contributed by atoms with van der Waals surface area (Å²) in [5, 5.41) is 4.73. The highest BCUT2D eigenvalue weighted by molar-refractivity contribution is 5.72. The first-order valence-electron chi connectivity index (χ1n) is 7.27. The second-order valence-corrected chi connectivity index (χ2v) is 5.34. The molecule has 1 aliphatic rings. The maximum Gasteiger partial charge on any atom is 0.125 e. The number of anilines is 1. The van der Waals surface area contributed by atoms with Crippen LogP contribution in [0.5, 0.6) is 5.75 Å². The number of nitrogens with zero attached hydrogens (tertiary/aromatic N) is 1. The van der Waals surface area contributed by atoms with Crippen molar-refractivity contribution >= 4 is 11.4 Å². The van der Waals surface area contributed by atoms with Gasteiger partial charge in [0, 0.05) is 13.1 Å². The largest absolute Gasteiger partial charge is 0.497 e. The van der Waals surface area contributed by atoms with Crippen LogP contribution in [0.25, 0.3) is 5.70 Å². The van der Waals surface area contributed by atoms with E-state index in [4.69, 9.17) is 16.3 Å². The molecule has 2 aromatic carbocycles. The molecule has 0 unspecified atom stereocenters. The van der Waals surface area contributed by atoms with Gasteiger partial charge in [-0.3, -0.25) is 5.01 Å². The molecule has 0 fully saturated rings. The first kappa shape index (κ1) is 15.3. The molecule has 0 atom stereocenters. The third kappa shape index (κ3) is 2.99. The highest BCUT2D eigenvalue weighted by atomic mass is 19.1. The Labute approximate surface area is 134 Å². The number of methoxy groups -OCH3 is 1. The molecule has 0 saturated carbocycles. The molecule has 23 heavy (non-hydrogen) atoms. The Hall–Kier alpha value is -2.57. The van der Waals surface area contributed by atoms with E-state index in [2.05, 4.69) is 5.32 Å². The predicted molar refractivity (Wildman–Crippen MR) is 88.9 cm³/mol. The second-order valence-electron chi connectivity index (χ2n) is 5.34. The summed E-state index contributed by atoms with van der Waals surface area (Å²) in [6.45, 7) is 1.09. The van der Waals surface area contributed by atoms with E-state index in [9.17, 15) is 4.39 Å². The summed E-state index contributed by atoms with van der Waals surface area (Å²) >= 11 is 0. The lowest BCUT2D eigenvalue weighted by Crippen LogP contribution is -2.35. The van der Waals surface area contributed by atoms with Crippen LogP contribution in [-0.4, -0.2) is 13.7 Å². The van der Waals surface area contributed by atoms with Gasteiger partial charge in [0.25, 0.3) is 0 Å². The highest BCUT2D eigenvalue weighted by Gasteiger charge is 2.20. The highest BCUT2D eigenvalue weighted by Crippen LogP contribution is 2.28. The molecule has 6 heteroatoms. The maximum absolute atomic E-state index is 13.6. The minimum atomic E-state index is -0.330. The zero-order valence-electron chi connectivity index (χ0n) is 12.8. The molecule has 0 spiro atoms. The number of benzene rings is 2. The predicted octanol–water partition coefficient (Wildman–Crippen LogP) is 1.95. The summed E-state index contributed by atoms with van der Waals surface area (Å²) in [5.74, 6) is 6.64. The Kier molecular flexibility index (Phi) is 4.18. The number of nitrogens with one attached hydrogen (secondary N) is 1. The average molecular weight is 314 g/mol. The Morgan fingerprint density at radius 3 is 2.61 bits per heavy atom. The van der Waals surface area contributed by atoms with Gasteiger partial charge in [-0.25, -0.2) is 10.2 Å². The first-order chi connectivity index (χ1) is 11.1. The number of halogens is 1. The van der Waals surface area contributed by atoms with E-state index >= 15 is 0 Å². The van der Waals surface area contributed by atoms with E-state index in [1.807, 2.05) is 24.3 Å². The first-order valence-corrected chi connectivity index (χ1v) is 7.27. The van der Waals surface area contributed by atoms with Crippen LogP contribution in [-0.2, 0) is 6.54 Å². The van der Waals surface area contributed by atoms with Crippen molar-refractivity contribution in [1.82, 2.24) is 5.32 Å². The monoisotopic (exact) mass is 314 g/mol. The number of hydrogen-bond donors (Lipinski definition) is 3. The van der Waals surface area contributed by atoms with Gasteiger partial charge < -0.3 is 15.8 Å². The van der Waals surface area contributed by atoms with Crippen LogP contribution < -0.4 is 26.6 Å². The molecule has 5 N–H and O–H groups in total. The topological polar surface area (TPSA) is 76.5 Å². The molecule has 1 heterocycles. The summed E-state index contributed by atoms with van der Waals surface area (Å²) in [6, 6.07) is 12.0. The van der Waals surface area contributed by atoms with Crippen molar-refractivity contribution in [1.29, 1.82) is 0 Å². The number of hydrogen-bond acceptors (Lipinski definition) is 5. The fraction of sp³-hybridized carbons (Fsp3) is 0.176. The minimum Gasteiger partial charge on any atom is -0.497 e. The van der Waals surface area contributed by atoms with Crippen LogP contribution >= 0.6 is 0 Å². The standard InChI is InChI=1S/C17H19FN4O/c1-23-14-6-3-11(4-7-14)17(19)16-10-21-9-12-2-5-13(18)8-15(12)22(16)20/h2-8,21H,9-10,19-20H2,1H3/b17-16-. The zero-order valence-corrected chi connectivity index (χ0v) is 12.8. The molecule has 0 amide bonds. The summed E-state index contributed by atoms with van der Waals surface area (Å²) in [4.78, 5) is 0. The molecule has 2 aromatic rings. The Morgan fingerprint density at radius 1 is 1.17 bits per heavy atom. The van der Waals surface area contributed by atoms with Crippen LogP contribution in [0.15, 0.2) is 48.2 Å². The number of ether oxygens (including phenoxy) is 1. The molecule has 0 aliphatic carbocycles. The quantitative estimate of drug-likeness (QED) is 0.739. The number of rotatable bonds is 2. The molecular weight excluding hydrogens is 295 g/mol. The van der Waals surface area contributed by atoms with Crippen molar-refractivity contribution in [2.45, 2.75) is 6.54 Å². The fourth-order valence-corrected chi connectivity index (χ4v) is 2.62. The van der Waals surface area contributed by atoms with E-state index in [0.717, 1.165) is 16.9 Å². The molecule has 5 nitrogen and oxygen atoms in total. The number of nitrogens with two attached hydrogens (primary N) is 2. The van der Waals surface area contributed by atoms with E-state index in [1.54, 1.807) is 13.2 Å². The third-order valence-electron chi connectivity index (χ3n) is 3.92. The minimum absolute atomic E-state index is 0.330. The van der Waals surface area contributed by atoms with E-state index in [-0.39, 0.29) is 5.82 Å². The second kappa shape index (κ2) is 6.28. The molecule has 0 bridgehead atoms.